The predicted octanol–water partition coefficient (Wildman–Crippen LogP) is 6.43. The van der Waals surface area contributed by atoms with Gasteiger partial charge in [-0.2, -0.15) is 0 Å². The third kappa shape index (κ3) is 3.51. The van der Waals surface area contributed by atoms with Crippen molar-refractivity contribution in [3.8, 4) is 33.9 Å². The molecule has 9 heteroatoms. The van der Waals surface area contributed by atoms with E-state index in [2.05, 4.69) is 0 Å². The van der Waals surface area contributed by atoms with E-state index >= 15 is 0 Å². The number of carbonyl (C=O) groups excluding carboxylic acids is 1. The van der Waals surface area contributed by atoms with Crippen molar-refractivity contribution in [2.45, 2.75) is 12.1 Å². The minimum atomic E-state index is -0.121. The summed E-state index contributed by atoms with van der Waals surface area (Å²) in [5.41, 5.74) is 5.44. The molecule has 0 saturated carbocycles. The van der Waals surface area contributed by atoms with Gasteiger partial charge >= 0.3 is 0 Å². The van der Waals surface area contributed by atoms with E-state index in [9.17, 15) is 9.59 Å². The molecule has 4 heterocycles. The molecule has 3 aromatic carbocycles. The van der Waals surface area contributed by atoms with E-state index < -0.39 is 0 Å². The zero-order valence-electron chi connectivity index (χ0n) is 21.7. The fourth-order valence-electron chi connectivity index (χ4n) is 5.58. The van der Waals surface area contributed by atoms with Crippen LogP contribution in [0.1, 0.15) is 10.4 Å². The summed E-state index contributed by atoms with van der Waals surface area (Å²) in [6.07, 6.45) is 0. The normalized spacial score (nSPS) is 12.8. The molecule has 3 aromatic heterocycles. The summed E-state index contributed by atoms with van der Waals surface area (Å²) in [5, 5.41) is 1.27. The minimum Gasteiger partial charge on any atom is -0.277 e. The number of hydrogen-bond acceptors (Lipinski definition) is 5. The lowest BCUT2D eigenvalue weighted by Crippen LogP contribution is -2.20. The Bertz CT molecular complexity index is 2070. The van der Waals surface area contributed by atoms with Gasteiger partial charge in [0.05, 0.1) is 28.1 Å². The summed E-state index contributed by atoms with van der Waals surface area (Å²) in [5.74, 6) is 0.893. The van der Waals surface area contributed by atoms with E-state index in [0.717, 1.165) is 28.1 Å². The lowest BCUT2D eigenvalue weighted by Gasteiger charge is -2.16. The van der Waals surface area contributed by atoms with Crippen LogP contribution in [0.4, 0.5) is 0 Å². The average molecular weight is 562 g/mol. The number of aromatic nitrogens is 5. The first kappa shape index (κ1) is 24.6. The third-order valence-electron chi connectivity index (χ3n) is 7.31. The van der Waals surface area contributed by atoms with E-state index in [1.54, 1.807) is 9.25 Å². The Balaban J connectivity index is 1.71. The molecule has 0 aliphatic carbocycles. The molecule has 0 amide bonds. The number of thioether (sulfide) groups is 1. The molecule has 0 radical (unpaired) electrons. The van der Waals surface area contributed by atoms with Crippen LogP contribution >= 0.6 is 24.0 Å². The summed E-state index contributed by atoms with van der Waals surface area (Å²) in [7, 11) is 1.88. The number of carbonyl (C=O) groups is 1. The molecule has 0 atom stereocenters. The fourth-order valence-corrected chi connectivity index (χ4v) is 6.87. The average Bonchev–Trinajstić information content (AvgIpc) is 3.59. The van der Waals surface area contributed by atoms with Crippen LogP contribution in [0.5, 0.6) is 0 Å². The Kier molecular flexibility index (Phi) is 5.72. The van der Waals surface area contributed by atoms with Crippen molar-refractivity contribution in [2.75, 3.05) is 5.75 Å². The van der Waals surface area contributed by atoms with Gasteiger partial charge in [0.25, 0.3) is 5.56 Å². The molecule has 0 N–H and O–H groups in total. The monoisotopic (exact) mass is 561 g/mol. The van der Waals surface area contributed by atoms with Crippen molar-refractivity contribution in [2.24, 2.45) is 7.05 Å². The van der Waals surface area contributed by atoms with E-state index in [4.69, 9.17) is 17.2 Å². The van der Waals surface area contributed by atoms with Crippen LogP contribution < -0.4 is 5.56 Å². The van der Waals surface area contributed by atoms with Gasteiger partial charge < -0.3 is 0 Å². The Morgan fingerprint density at radius 1 is 0.825 bits per heavy atom. The van der Waals surface area contributed by atoms with Gasteiger partial charge in [-0.25, -0.2) is 14.2 Å². The van der Waals surface area contributed by atoms with Crippen molar-refractivity contribution in [3.05, 3.63) is 112 Å². The van der Waals surface area contributed by atoms with Crippen LogP contribution in [0.15, 0.2) is 101 Å². The van der Waals surface area contributed by atoms with Gasteiger partial charge in [0.15, 0.2) is 10.8 Å². The molecule has 7 nitrogen and oxygen atoms in total. The van der Waals surface area contributed by atoms with Gasteiger partial charge in [-0.15, -0.1) is 0 Å². The second-order valence-corrected chi connectivity index (χ2v) is 11.0. The molecule has 0 unspecified atom stereocenters. The largest absolute Gasteiger partial charge is 0.277 e. The Labute approximate surface area is 238 Å². The van der Waals surface area contributed by atoms with Crippen LogP contribution in [0, 0.1) is 11.6 Å². The molecule has 0 fully saturated rings. The van der Waals surface area contributed by atoms with Gasteiger partial charge in [0.2, 0.25) is 5.91 Å². The first-order valence-electron chi connectivity index (χ1n) is 12.8. The van der Waals surface area contributed by atoms with Crippen LogP contribution in [0.2, 0.25) is 0 Å². The Morgan fingerprint density at radius 3 is 2.08 bits per heavy atom. The standard InChI is InChI=1S/C31H23N5O2S2/c1-19-28(33(2)36(29(19)38)22-16-10-5-11-17-22)35-26(21-14-8-4-9-15-21)24(20-12-6-3-7-13-20)25-27(35)32-31-34(30(25)39)23(37)18-40-31/h3-17H,18H2,1-2H3. The van der Waals surface area contributed by atoms with E-state index in [0.29, 0.717) is 32.2 Å². The predicted molar refractivity (Wildman–Crippen MR) is 161 cm³/mol. The smallest absolute Gasteiger partial charge is 0.276 e. The lowest BCUT2D eigenvalue weighted by atomic mass is 9.99. The minimum absolute atomic E-state index is 0.0776. The molecule has 0 saturated heterocycles. The number of hydrogen-bond donors (Lipinski definition) is 0. The Hall–Kier alpha value is -4.47. The molecule has 196 valence electrons. The maximum Gasteiger partial charge on any atom is 0.276 e. The van der Waals surface area contributed by atoms with Gasteiger partial charge in [-0.3, -0.25) is 18.8 Å². The topological polar surface area (TPSA) is 66.8 Å². The Morgan fingerprint density at radius 2 is 1.43 bits per heavy atom. The molecular formula is C31H23N5O2S2. The lowest BCUT2D eigenvalue weighted by molar-refractivity contribution is 0.0936. The van der Waals surface area contributed by atoms with Gasteiger partial charge in [-0.05, 0) is 30.2 Å². The number of para-hydroxylation sites is 1. The van der Waals surface area contributed by atoms with Crippen molar-refractivity contribution in [1.29, 1.82) is 0 Å². The summed E-state index contributed by atoms with van der Waals surface area (Å²) in [6.45, 7) is 1.84. The first-order valence-corrected chi connectivity index (χ1v) is 14.2. The maximum atomic E-state index is 13.8. The number of rotatable bonds is 4. The molecule has 0 bridgehead atoms. The summed E-state index contributed by atoms with van der Waals surface area (Å²) >= 11 is 7.41. The quantitative estimate of drug-likeness (QED) is 0.183. The number of nitrogens with zero attached hydrogens (tertiary/aromatic N) is 5. The van der Waals surface area contributed by atoms with Gasteiger partial charge in [-0.1, -0.05) is 103 Å². The first-order chi connectivity index (χ1) is 19.5. The molecule has 1 aliphatic heterocycles. The third-order valence-corrected chi connectivity index (χ3v) is 8.62. The highest BCUT2D eigenvalue weighted by Crippen LogP contribution is 2.44. The van der Waals surface area contributed by atoms with Gasteiger partial charge in [0.1, 0.15) is 10.5 Å². The zero-order valence-corrected chi connectivity index (χ0v) is 23.4. The number of fused-ring (bicyclic) bond motifs is 2. The van der Waals surface area contributed by atoms with E-state index in [-0.39, 0.29) is 17.2 Å². The van der Waals surface area contributed by atoms with Crippen molar-refractivity contribution in [3.63, 3.8) is 0 Å². The molecule has 1 aliphatic rings. The van der Waals surface area contributed by atoms with E-state index in [1.165, 1.54) is 11.8 Å². The maximum absolute atomic E-state index is 13.8. The fraction of sp³-hybridized carbons (Fsp3) is 0.0968. The van der Waals surface area contributed by atoms with Gasteiger partial charge in [0, 0.05) is 12.6 Å². The van der Waals surface area contributed by atoms with E-state index in [1.807, 2.05) is 114 Å². The highest BCUT2D eigenvalue weighted by Gasteiger charge is 2.31. The zero-order chi connectivity index (χ0) is 27.5. The molecule has 6 aromatic rings. The van der Waals surface area contributed by atoms with Crippen LogP contribution in [0.3, 0.4) is 0 Å². The molecule has 0 spiro atoms. The summed E-state index contributed by atoms with van der Waals surface area (Å²) < 4.78 is 7.56. The van der Waals surface area contributed by atoms with Crippen molar-refractivity contribution >= 4 is 40.9 Å². The van der Waals surface area contributed by atoms with Crippen LogP contribution in [-0.4, -0.2) is 35.1 Å². The molecule has 40 heavy (non-hydrogen) atoms. The molecular weight excluding hydrogens is 539 g/mol. The number of benzene rings is 3. The van der Waals surface area contributed by atoms with Crippen LogP contribution in [-0.2, 0) is 7.05 Å². The second kappa shape index (κ2) is 9.32. The van der Waals surface area contributed by atoms with Crippen molar-refractivity contribution < 1.29 is 4.79 Å². The second-order valence-electron chi connectivity index (χ2n) is 9.63. The summed E-state index contributed by atoms with van der Waals surface area (Å²) in [6, 6.07) is 29.6. The molecule has 7 rings (SSSR count). The highest BCUT2D eigenvalue weighted by molar-refractivity contribution is 8.00. The highest BCUT2D eigenvalue weighted by atomic mass is 32.2. The summed E-state index contributed by atoms with van der Waals surface area (Å²) in [4.78, 5) is 31.7. The van der Waals surface area contributed by atoms with Crippen molar-refractivity contribution in [1.82, 2.24) is 23.5 Å². The SMILES string of the molecule is Cc1c(-n2c(-c3ccccc3)c(-c3ccccc3)c3c(=S)n4c(nc32)SCC4=O)n(C)n(-c2ccccc2)c1=O. The van der Waals surface area contributed by atoms with Crippen LogP contribution in [0.25, 0.3) is 44.9 Å².